The number of hydrogen-bond donors (Lipinski definition) is 0. The quantitative estimate of drug-likeness (QED) is 0.747. The van der Waals surface area contributed by atoms with E-state index >= 15 is 0 Å². The predicted octanol–water partition coefficient (Wildman–Crippen LogP) is 3.82. The average Bonchev–Trinajstić information content (AvgIpc) is 2.42. The van der Waals surface area contributed by atoms with Crippen LogP contribution in [0, 0.1) is 0 Å². The molecule has 0 aromatic heterocycles. The highest BCUT2D eigenvalue weighted by molar-refractivity contribution is 5.74. The molecule has 0 aliphatic carbocycles. The van der Waals surface area contributed by atoms with E-state index < -0.39 is 23.8 Å². The Morgan fingerprint density at radius 1 is 1.25 bits per heavy atom. The van der Waals surface area contributed by atoms with Gasteiger partial charge in [-0.3, -0.25) is 0 Å². The van der Waals surface area contributed by atoms with Gasteiger partial charge in [0.05, 0.1) is 12.7 Å². The molecule has 0 aliphatic heterocycles. The van der Waals surface area contributed by atoms with Gasteiger partial charge in [0.15, 0.2) is 6.10 Å². The van der Waals surface area contributed by atoms with Gasteiger partial charge in [0, 0.05) is 0 Å². The first kappa shape index (κ1) is 16.3. The molecule has 1 atom stereocenters. The summed E-state index contributed by atoms with van der Waals surface area (Å²) in [7, 11) is 1.25. The molecule has 0 spiro atoms. The summed E-state index contributed by atoms with van der Waals surface area (Å²) < 4.78 is 47.3. The van der Waals surface area contributed by atoms with Gasteiger partial charge in [0.2, 0.25) is 0 Å². The summed E-state index contributed by atoms with van der Waals surface area (Å²) in [6.07, 6.45) is -3.08. The molecule has 0 N–H and O–H groups in total. The number of methoxy groups -OCH3 is 1. The van der Waals surface area contributed by atoms with Gasteiger partial charge >= 0.3 is 12.1 Å². The standard InChI is InChI=1S/C14H17F3O3/c1-3-4-5-12(13(18)19-2)20-11-8-6-10(7-9-11)14(15,16)17/h6-9,12H,3-5H2,1-2H3. The van der Waals surface area contributed by atoms with Gasteiger partial charge in [-0.2, -0.15) is 13.2 Å². The molecule has 0 fully saturated rings. The molecule has 0 radical (unpaired) electrons. The maximum absolute atomic E-state index is 12.4. The van der Waals surface area contributed by atoms with Crippen molar-refractivity contribution in [2.24, 2.45) is 0 Å². The van der Waals surface area contributed by atoms with Crippen LogP contribution in [0.5, 0.6) is 5.75 Å². The fourth-order valence-corrected chi connectivity index (χ4v) is 1.63. The molecule has 3 nitrogen and oxygen atoms in total. The van der Waals surface area contributed by atoms with Gasteiger partial charge in [-0.05, 0) is 37.1 Å². The zero-order valence-corrected chi connectivity index (χ0v) is 11.4. The molecule has 20 heavy (non-hydrogen) atoms. The minimum atomic E-state index is -4.39. The van der Waals surface area contributed by atoms with Gasteiger partial charge in [-0.15, -0.1) is 0 Å². The second-order valence-corrected chi connectivity index (χ2v) is 4.29. The molecule has 0 saturated heterocycles. The van der Waals surface area contributed by atoms with E-state index in [-0.39, 0.29) is 5.75 Å². The largest absolute Gasteiger partial charge is 0.479 e. The number of esters is 1. The summed E-state index contributed by atoms with van der Waals surface area (Å²) >= 11 is 0. The summed E-state index contributed by atoms with van der Waals surface area (Å²) in [4.78, 5) is 11.5. The van der Waals surface area contributed by atoms with Gasteiger partial charge in [-0.1, -0.05) is 13.3 Å². The Morgan fingerprint density at radius 2 is 1.85 bits per heavy atom. The number of ether oxygens (including phenoxy) is 2. The van der Waals surface area contributed by atoms with Crippen LogP contribution >= 0.6 is 0 Å². The molecule has 1 unspecified atom stereocenters. The summed E-state index contributed by atoms with van der Waals surface area (Å²) in [6, 6.07) is 4.24. The third-order valence-corrected chi connectivity index (χ3v) is 2.74. The van der Waals surface area contributed by atoms with Gasteiger partial charge < -0.3 is 9.47 Å². The number of rotatable bonds is 6. The first-order valence-corrected chi connectivity index (χ1v) is 6.30. The average molecular weight is 290 g/mol. The number of carbonyl (C=O) groups is 1. The van der Waals surface area contributed by atoms with E-state index in [1.165, 1.54) is 19.2 Å². The summed E-state index contributed by atoms with van der Waals surface area (Å²) in [5, 5.41) is 0. The zero-order valence-electron chi connectivity index (χ0n) is 11.4. The third kappa shape index (κ3) is 4.75. The van der Waals surface area contributed by atoms with Crippen LogP contribution in [0.15, 0.2) is 24.3 Å². The van der Waals surface area contributed by atoms with Crippen molar-refractivity contribution in [1.29, 1.82) is 0 Å². The third-order valence-electron chi connectivity index (χ3n) is 2.74. The molecule has 1 aromatic rings. The lowest BCUT2D eigenvalue weighted by Crippen LogP contribution is -2.28. The molecule has 0 saturated carbocycles. The molecule has 0 bridgehead atoms. The molecule has 0 aliphatic rings. The van der Waals surface area contributed by atoms with Crippen molar-refractivity contribution >= 4 is 5.97 Å². The topological polar surface area (TPSA) is 35.5 Å². The zero-order chi connectivity index (χ0) is 15.2. The molecular weight excluding hydrogens is 273 g/mol. The molecule has 0 amide bonds. The Morgan fingerprint density at radius 3 is 2.30 bits per heavy atom. The second kappa shape index (κ2) is 7.17. The van der Waals surface area contributed by atoms with Crippen molar-refractivity contribution < 1.29 is 27.4 Å². The van der Waals surface area contributed by atoms with Crippen LogP contribution in [0.1, 0.15) is 31.7 Å². The van der Waals surface area contributed by atoms with Gasteiger partial charge in [0.25, 0.3) is 0 Å². The lowest BCUT2D eigenvalue weighted by Gasteiger charge is -2.17. The number of alkyl halides is 3. The van der Waals surface area contributed by atoms with Crippen molar-refractivity contribution in [3.05, 3.63) is 29.8 Å². The van der Waals surface area contributed by atoms with E-state index in [9.17, 15) is 18.0 Å². The highest BCUT2D eigenvalue weighted by Crippen LogP contribution is 2.30. The van der Waals surface area contributed by atoms with E-state index in [4.69, 9.17) is 4.74 Å². The molecule has 1 aromatic carbocycles. The number of unbranched alkanes of at least 4 members (excludes halogenated alkanes) is 1. The van der Waals surface area contributed by atoms with Crippen molar-refractivity contribution in [1.82, 2.24) is 0 Å². The van der Waals surface area contributed by atoms with Crippen molar-refractivity contribution in [3.63, 3.8) is 0 Å². The second-order valence-electron chi connectivity index (χ2n) is 4.29. The maximum atomic E-state index is 12.4. The highest BCUT2D eigenvalue weighted by atomic mass is 19.4. The minimum absolute atomic E-state index is 0.213. The van der Waals surface area contributed by atoms with Crippen molar-refractivity contribution in [2.45, 2.75) is 38.5 Å². The number of benzene rings is 1. The van der Waals surface area contributed by atoms with E-state index in [1.807, 2.05) is 6.92 Å². The van der Waals surface area contributed by atoms with Crippen LogP contribution in [0.4, 0.5) is 13.2 Å². The monoisotopic (exact) mass is 290 g/mol. The van der Waals surface area contributed by atoms with Crippen LogP contribution in [0.2, 0.25) is 0 Å². The number of halogens is 3. The van der Waals surface area contributed by atoms with Gasteiger partial charge in [0.1, 0.15) is 5.75 Å². The minimum Gasteiger partial charge on any atom is -0.479 e. The van der Waals surface area contributed by atoms with E-state index in [0.717, 1.165) is 25.0 Å². The Kier molecular flexibility index (Phi) is 5.85. The first-order chi connectivity index (χ1) is 9.38. The lowest BCUT2D eigenvalue weighted by atomic mass is 10.1. The summed E-state index contributed by atoms with van der Waals surface area (Å²) in [5.41, 5.74) is -0.756. The smallest absolute Gasteiger partial charge is 0.416 e. The first-order valence-electron chi connectivity index (χ1n) is 6.30. The molecule has 6 heteroatoms. The van der Waals surface area contributed by atoms with E-state index in [2.05, 4.69) is 4.74 Å². The Balaban J connectivity index is 2.75. The Hall–Kier alpha value is -1.72. The van der Waals surface area contributed by atoms with Crippen LogP contribution in [-0.4, -0.2) is 19.2 Å². The Labute approximate surface area is 115 Å². The highest BCUT2D eigenvalue weighted by Gasteiger charge is 2.30. The van der Waals surface area contributed by atoms with E-state index in [0.29, 0.717) is 6.42 Å². The fourth-order valence-electron chi connectivity index (χ4n) is 1.63. The van der Waals surface area contributed by atoms with Crippen molar-refractivity contribution in [2.75, 3.05) is 7.11 Å². The van der Waals surface area contributed by atoms with E-state index in [1.54, 1.807) is 0 Å². The summed E-state index contributed by atoms with van der Waals surface area (Å²) in [6.45, 7) is 1.96. The lowest BCUT2D eigenvalue weighted by molar-refractivity contribution is -0.149. The Bertz CT molecular complexity index is 426. The van der Waals surface area contributed by atoms with Crippen LogP contribution < -0.4 is 4.74 Å². The maximum Gasteiger partial charge on any atom is 0.416 e. The van der Waals surface area contributed by atoms with Crippen LogP contribution in [0.25, 0.3) is 0 Å². The van der Waals surface area contributed by atoms with Gasteiger partial charge in [-0.25, -0.2) is 4.79 Å². The van der Waals surface area contributed by atoms with Crippen LogP contribution in [-0.2, 0) is 15.7 Å². The fraction of sp³-hybridized carbons (Fsp3) is 0.500. The predicted molar refractivity (Wildman–Crippen MR) is 67.4 cm³/mol. The number of hydrogen-bond acceptors (Lipinski definition) is 3. The SMILES string of the molecule is CCCCC(Oc1ccc(C(F)(F)F)cc1)C(=O)OC. The molecule has 1 rings (SSSR count). The number of carbonyl (C=O) groups excluding carboxylic acids is 1. The molecular formula is C14H17F3O3. The molecule has 0 heterocycles. The van der Waals surface area contributed by atoms with Crippen molar-refractivity contribution in [3.8, 4) is 5.75 Å². The molecule has 112 valence electrons. The summed E-state index contributed by atoms with van der Waals surface area (Å²) in [5.74, 6) is -0.317. The normalized spacial score (nSPS) is 12.8. The van der Waals surface area contributed by atoms with Crippen LogP contribution in [0.3, 0.4) is 0 Å².